The Morgan fingerprint density at radius 3 is 1.86 bits per heavy atom. The van der Waals surface area contributed by atoms with Gasteiger partial charge in [-0.2, -0.15) is 0 Å². The lowest BCUT2D eigenvalue weighted by molar-refractivity contribution is -0.671. The third kappa shape index (κ3) is 30.7. The van der Waals surface area contributed by atoms with Crippen LogP contribution in [0.2, 0.25) is 0 Å². The van der Waals surface area contributed by atoms with Gasteiger partial charge in [0.15, 0.2) is 0 Å². The maximum atomic E-state index is 4.99. The van der Waals surface area contributed by atoms with Crippen LogP contribution in [-0.2, 0) is 13.6 Å². The summed E-state index contributed by atoms with van der Waals surface area (Å²) in [6, 6.07) is 0. The van der Waals surface area contributed by atoms with Gasteiger partial charge in [-0.15, -0.1) is 0 Å². The Bertz CT molecular complexity index is 336. The smallest absolute Gasteiger partial charge is 0.391 e. The Hall–Kier alpha value is 2.30. The molecular formula is C10H19Al2Cl7N2. The third-order valence-corrected chi connectivity index (χ3v) is 2.09. The van der Waals surface area contributed by atoms with Crippen LogP contribution in [-0.4, -0.2) is 25.3 Å². The normalized spacial score (nSPS) is 10.1. The monoisotopic (exact) mass is 466 g/mol. The first-order chi connectivity index (χ1) is 9.56. The van der Waals surface area contributed by atoms with Gasteiger partial charge in [0.25, 0.3) is 0 Å². The number of hydrogen-bond donors (Lipinski definition) is 0. The van der Waals surface area contributed by atoms with Gasteiger partial charge in [0.2, 0.25) is 6.33 Å². The molecule has 0 atom stereocenters. The first-order valence-electron chi connectivity index (χ1n) is 6.36. The molecule has 1 aromatic heterocycles. The highest BCUT2D eigenvalue weighted by Gasteiger charge is 2.14. The minimum Gasteiger partial charge on any atom is -0.391 e. The Labute approximate surface area is 163 Å². The lowest BCUT2D eigenvalue weighted by Crippen LogP contribution is -2.23. The number of aromatic nitrogens is 2. The minimum atomic E-state index is -2.94. The van der Waals surface area contributed by atoms with E-state index in [-0.39, 0.29) is 0 Å². The predicted octanol–water partition coefficient (Wildman–Crippen LogP) is 5.96. The average molecular weight is 469 g/mol. The SMILES string of the molecule is CCCCCCn1cc[n+](C)c1.[Cl][Al-]([Cl])([Cl])[Cl].[Cl][Al]([Cl])[Cl]. The lowest BCUT2D eigenvalue weighted by Gasteiger charge is -1.97. The van der Waals surface area contributed by atoms with Crippen molar-refractivity contribution in [1.82, 2.24) is 4.57 Å². The van der Waals surface area contributed by atoms with Crippen LogP contribution in [0.15, 0.2) is 18.7 Å². The van der Waals surface area contributed by atoms with Gasteiger partial charge in [-0.1, -0.05) is 19.8 Å². The summed E-state index contributed by atoms with van der Waals surface area (Å²) in [4.78, 5) is 0. The fourth-order valence-electron chi connectivity index (χ4n) is 1.36. The maximum absolute atomic E-state index is 4.99. The molecule has 0 saturated carbocycles. The van der Waals surface area contributed by atoms with E-state index in [9.17, 15) is 0 Å². The summed E-state index contributed by atoms with van der Waals surface area (Å²) in [7, 11) is 33.9. The van der Waals surface area contributed by atoms with Crippen molar-refractivity contribution in [3.63, 3.8) is 0 Å². The van der Waals surface area contributed by atoms with Crippen LogP contribution in [0, 0.1) is 0 Å². The number of nitrogens with zero attached hydrogens (tertiary/aromatic N) is 2. The van der Waals surface area contributed by atoms with E-state index in [0.29, 0.717) is 0 Å². The second kappa shape index (κ2) is 15.8. The highest BCUT2D eigenvalue weighted by molar-refractivity contribution is 7.81. The molecular weight excluding hydrogens is 450 g/mol. The van der Waals surface area contributed by atoms with Crippen molar-refractivity contribution >= 4 is 91.1 Å². The Morgan fingerprint density at radius 1 is 1.05 bits per heavy atom. The van der Waals surface area contributed by atoms with Gasteiger partial charge in [-0.3, -0.25) is 0 Å². The molecule has 1 rings (SSSR count). The predicted molar refractivity (Wildman–Crippen MR) is 102 cm³/mol. The molecule has 0 radical (unpaired) electrons. The molecule has 21 heavy (non-hydrogen) atoms. The van der Waals surface area contributed by atoms with E-state index in [1.807, 2.05) is 0 Å². The fraction of sp³-hybridized carbons (Fsp3) is 0.700. The van der Waals surface area contributed by atoms with E-state index in [2.05, 4.69) is 41.8 Å². The van der Waals surface area contributed by atoms with Crippen molar-refractivity contribution in [2.24, 2.45) is 7.05 Å². The zero-order valence-corrected chi connectivity index (χ0v) is 19.6. The molecule has 0 N–H and O–H groups in total. The van der Waals surface area contributed by atoms with E-state index in [4.69, 9.17) is 70.3 Å². The zero-order valence-electron chi connectivity index (χ0n) is 12.0. The van der Waals surface area contributed by atoms with Gasteiger partial charge < -0.3 is 40.2 Å². The highest BCUT2D eigenvalue weighted by atomic mass is 35.9. The second-order valence-corrected chi connectivity index (χ2v) is 23.4. The molecule has 1 heterocycles. The number of imidazole rings is 1. The summed E-state index contributed by atoms with van der Waals surface area (Å²) in [5, 5.41) is 0. The van der Waals surface area contributed by atoms with Crippen molar-refractivity contribution in [3.8, 4) is 0 Å². The Kier molecular flexibility index (Phi) is 19.2. The van der Waals surface area contributed by atoms with Crippen molar-refractivity contribution in [3.05, 3.63) is 18.7 Å². The van der Waals surface area contributed by atoms with Gasteiger partial charge in [0.05, 0.1) is 13.6 Å². The summed E-state index contributed by atoms with van der Waals surface area (Å²) in [5.74, 6) is 0. The molecule has 1 aromatic rings. The van der Waals surface area contributed by atoms with Gasteiger partial charge >= 0.3 is 20.8 Å². The van der Waals surface area contributed by atoms with E-state index in [1.165, 1.54) is 32.2 Å². The number of hydrogen-bond acceptors (Lipinski definition) is 0. The summed E-state index contributed by atoms with van der Waals surface area (Å²) in [6.07, 6.45) is 11.7. The average Bonchev–Trinajstić information content (AvgIpc) is 2.67. The molecule has 0 unspecified atom stereocenters. The van der Waals surface area contributed by atoms with Crippen LogP contribution in [0.5, 0.6) is 0 Å². The van der Waals surface area contributed by atoms with Gasteiger partial charge in [-0.05, 0) is 12.8 Å². The molecule has 124 valence electrons. The highest BCUT2D eigenvalue weighted by Crippen LogP contribution is 2.23. The van der Waals surface area contributed by atoms with E-state index in [0.717, 1.165) is 0 Å². The number of halogens is 7. The molecule has 0 aliphatic rings. The largest absolute Gasteiger partial charge is 0.643 e. The molecule has 2 nitrogen and oxygen atoms in total. The standard InChI is InChI=1S/C10H19N2.2Al.7ClH/c1-3-4-5-6-7-12-9-8-11(2)10-12;;;;;;;;;/h8-10H,3-7H2,1-2H3;;;7*1H/q+1;2*+3;;;;;;;/p-7. The van der Waals surface area contributed by atoms with Crippen LogP contribution >= 0.6 is 70.3 Å². The summed E-state index contributed by atoms with van der Waals surface area (Å²) in [6.45, 7) is 3.41. The molecule has 11 heteroatoms. The zero-order chi connectivity index (χ0) is 16.9. The van der Waals surface area contributed by atoms with Crippen LogP contribution < -0.4 is 4.57 Å². The molecule has 0 fully saturated rings. The van der Waals surface area contributed by atoms with Crippen molar-refractivity contribution in [2.45, 2.75) is 39.2 Å². The van der Waals surface area contributed by atoms with Crippen LogP contribution in [0.1, 0.15) is 32.6 Å². The second-order valence-electron chi connectivity index (χ2n) is 4.12. The summed E-state index contributed by atoms with van der Waals surface area (Å²) < 4.78 is 4.33. The molecule has 0 amide bonds. The molecule has 0 bridgehead atoms. The number of unbranched alkanes of at least 4 members (excludes halogenated alkanes) is 3. The number of aryl methyl sites for hydroxylation is 2. The number of rotatable bonds is 5. The van der Waals surface area contributed by atoms with Crippen LogP contribution in [0.25, 0.3) is 0 Å². The van der Waals surface area contributed by atoms with Gasteiger partial charge in [0, 0.05) is 0 Å². The first kappa shape index (κ1) is 25.5. The fourth-order valence-corrected chi connectivity index (χ4v) is 1.36. The van der Waals surface area contributed by atoms with E-state index >= 15 is 0 Å². The minimum absolute atomic E-state index is 1.17. The van der Waals surface area contributed by atoms with Crippen molar-refractivity contribution in [1.29, 1.82) is 0 Å². The third-order valence-electron chi connectivity index (χ3n) is 2.09. The maximum Gasteiger partial charge on any atom is 0.643 e. The lowest BCUT2D eigenvalue weighted by atomic mass is 10.2. The van der Waals surface area contributed by atoms with E-state index in [1.54, 1.807) is 0 Å². The summed E-state index contributed by atoms with van der Waals surface area (Å²) in [5.41, 5.74) is 0. The quantitative estimate of drug-likeness (QED) is 0.286. The molecule has 0 spiro atoms. The first-order valence-corrected chi connectivity index (χ1v) is 18.6. The van der Waals surface area contributed by atoms with Gasteiger partial charge in [-0.25, -0.2) is 39.3 Å². The molecule has 0 aliphatic carbocycles. The van der Waals surface area contributed by atoms with Gasteiger partial charge in [0.1, 0.15) is 12.4 Å². The van der Waals surface area contributed by atoms with Crippen LogP contribution in [0.3, 0.4) is 0 Å². The van der Waals surface area contributed by atoms with Crippen LogP contribution in [0.4, 0.5) is 0 Å². The molecule has 0 aliphatic heterocycles. The summed E-state index contributed by atoms with van der Waals surface area (Å²) >= 11 is -1.72. The Morgan fingerprint density at radius 2 is 1.52 bits per heavy atom. The van der Waals surface area contributed by atoms with Crippen molar-refractivity contribution < 1.29 is 4.57 Å². The molecule has 0 aromatic carbocycles. The Balaban J connectivity index is 0. The van der Waals surface area contributed by atoms with E-state index < -0.39 is 20.8 Å². The molecule has 0 saturated heterocycles. The van der Waals surface area contributed by atoms with Crippen molar-refractivity contribution in [2.75, 3.05) is 0 Å². The topological polar surface area (TPSA) is 8.81 Å².